The van der Waals surface area contributed by atoms with E-state index in [1.807, 2.05) is 0 Å². The molecule has 2 aromatic carbocycles. The molecule has 0 aliphatic carbocycles. The van der Waals surface area contributed by atoms with Crippen molar-refractivity contribution in [3.05, 3.63) is 44.9 Å². The van der Waals surface area contributed by atoms with Crippen LogP contribution >= 0.6 is 34.8 Å². The smallest absolute Gasteiger partial charge is 0.311 e. The molecule has 1 unspecified atom stereocenters. The Hall–Kier alpha value is -2.35. The highest BCUT2D eigenvalue weighted by molar-refractivity contribution is 6.44. The van der Waals surface area contributed by atoms with Gasteiger partial charge >= 0.3 is 5.97 Å². The summed E-state index contributed by atoms with van der Waals surface area (Å²) in [5, 5.41) is 3.23. The van der Waals surface area contributed by atoms with Gasteiger partial charge in [-0.15, -0.1) is 0 Å². The Morgan fingerprint density at radius 3 is 2.00 bits per heavy atom. The lowest BCUT2D eigenvalue weighted by molar-refractivity contribution is -0.152. The fourth-order valence-corrected chi connectivity index (χ4v) is 3.14. The number of halogens is 3. The van der Waals surface area contributed by atoms with Crippen molar-refractivity contribution in [3.63, 3.8) is 0 Å². The van der Waals surface area contributed by atoms with Gasteiger partial charge in [-0.25, -0.2) is 0 Å². The number of hydrogen-bond donors (Lipinski definition) is 1. The van der Waals surface area contributed by atoms with Crippen LogP contribution in [0.15, 0.2) is 24.3 Å². The van der Waals surface area contributed by atoms with Crippen LogP contribution in [0, 0.1) is 0 Å². The summed E-state index contributed by atoms with van der Waals surface area (Å²) in [5.74, 6) is 0.0171. The number of nitrogens with one attached hydrogen (secondary N) is 1. The van der Waals surface area contributed by atoms with Crippen molar-refractivity contribution in [1.82, 2.24) is 0 Å². The molecule has 2 aromatic rings. The Bertz CT molecular complexity index is 925. The molecular weight excluding hydrogens is 457 g/mol. The minimum absolute atomic E-state index is 0.109. The van der Waals surface area contributed by atoms with Crippen molar-refractivity contribution in [1.29, 1.82) is 0 Å². The molecule has 0 bridgehead atoms. The summed E-state index contributed by atoms with van der Waals surface area (Å²) in [7, 11) is 4.43. The predicted molar refractivity (Wildman–Crippen MR) is 115 cm³/mol. The minimum Gasteiger partial charge on any atom is -0.493 e. The molecule has 0 saturated carbocycles. The lowest BCUT2D eigenvalue weighted by Crippen LogP contribution is -2.30. The highest BCUT2D eigenvalue weighted by Crippen LogP contribution is 2.38. The molecule has 1 amide bonds. The maximum absolute atomic E-state index is 12.4. The van der Waals surface area contributed by atoms with Crippen LogP contribution in [0.5, 0.6) is 17.2 Å². The second-order valence-electron chi connectivity index (χ2n) is 6.08. The molecular formula is C20H20Cl3NO6. The zero-order chi connectivity index (χ0) is 22.4. The average molecular weight is 477 g/mol. The Labute approximate surface area is 189 Å². The fraction of sp³-hybridized carbons (Fsp3) is 0.300. The Morgan fingerprint density at radius 2 is 1.47 bits per heavy atom. The monoisotopic (exact) mass is 475 g/mol. The molecule has 0 heterocycles. The van der Waals surface area contributed by atoms with E-state index >= 15 is 0 Å². The second kappa shape index (κ2) is 10.6. The van der Waals surface area contributed by atoms with Crippen molar-refractivity contribution in [2.24, 2.45) is 0 Å². The first-order chi connectivity index (χ1) is 14.2. The van der Waals surface area contributed by atoms with Crippen LogP contribution in [0.2, 0.25) is 15.1 Å². The van der Waals surface area contributed by atoms with Gasteiger partial charge in [-0.2, -0.15) is 0 Å². The number of rotatable bonds is 8. The molecule has 1 atom stereocenters. The Morgan fingerprint density at radius 1 is 0.900 bits per heavy atom. The van der Waals surface area contributed by atoms with Crippen molar-refractivity contribution >= 4 is 52.4 Å². The van der Waals surface area contributed by atoms with Crippen LogP contribution in [-0.4, -0.2) is 39.3 Å². The van der Waals surface area contributed by atoms with Crippen LogP contribution in [0.1, 0.15) is 12.5 Å². The van der Waals surface area contributed by atoms with Crippen molar-refractivity contribution < 1.29 is 28.5 Å². The topological polar surface area (TPSA) is 83.1 Å². The SMILES string of the molecule is COc1cc(CC(=O)OC(C)C(=O)Nc2cc(Cl)c(Cl)cc2Cl)cc(OC)c1OC. The maximum atomic E-state index is 12.4. The third-order valence-electron chi connectivity index (χ3n) is 4.02. The molecule has 162 valence electrons. The van der Waals surface area contributed by atoms with E-state index in [2.05, 4.69) is 5.32 Å². The molecule has 0 radical (unpaired) electrons. The van der Waals surface area contributed by atoms with Gasteiger partial charge in [0, 0.05) is 0 Å². The lowest BCUT2D eigenvalue weighted by atomic mass is 10.1. The van der Waals surface area contributed by atoms with Gasteiger partial charge < -0.3 is 24.3 Å². The number of esters is 1. The van der Waals surface area contributed by atoms with Gasteiger partial charge in [0.05, 0.1) is 48.5 Å². The first-order valence-electron chi connectivity index (χ1n) is 8.63. The molecule has 0 fully saturated rings. The van der Waals surface area contributed by atoms with Gasteiger partial charge in [0.25, 0.3) is 5.91 Å². The maximum Gasteiger partial charge on any atom is 0.311 e. The first kappa shape index (κ1) is 23.9. The van der Waals surface area contributed by atoms with Gasteiger partial charge in [-0.3, -0.25) is 9.59 Å². The third kappa shape index (κ3) is 5.84. The van der Waals surface area contributed by atoms with E-state index in [0.717, 1.165) is 0 Å². The molecule has 2 rings (SSSR count). The molecule has 1 N–H and O–H groups in total. The molecule has 0 aliphatic rings. The van der Waals surface area contributed by atoms with Crippen LogP contribution in [0.3, 0.4) is 0 Å². The minimum atomic E-state index is -1.08. The number of carbonyl (C=O) groups excluding carboxylic acids is 2. The first-order valence-corrected chi connectivity index (χ1v) is 9.77. The summed E-state index contributed by atoms with van der Waals surface area (Å²) in [6.45, 7) is 1.44. The molecule has 0 aromatic heterocycles. The fourth-order valence-electron chi connectivity index (χ4n) is 2.55. The van der Waals surface area contributed by atoms with Gasteiger partial charge in [-0.05, 0) is 36.8 Å². The van der Waals surface area contributed by atoms with E-state index in [-0.39, 0.29) is 27.2 Å². The Balaban J connectivity index is 2.05. The summed E-state index contributed by atoms with van der Waals surface area (Å²) >= 11 is 17.9. The van der Waals surface area contributed by atoms with Crippen molar-refractivity contribution in [2.75, 3.05) is 26.6 Å². The zero-order valence-corrected chi connectivity index (χ0v) is 18.9. The van der Waals surface area contributed by atoms with E-state index in [4.69, 9.17) is 53.8 Å². The van der Waals surface area contributed by atoms with E-state index in [9.17, 15) is 9.59 Å². The van der Waals surface area contributed by atoms with Gasteiger partial charge in [0.2, 0.25) is 5.75 Å². The number of carbonyl (C=O) groups is 2. The summed E-state index contributed by atoms with van der Waals surface area (Å²) in [4.78, 5) is 24.7. The summed E-state index contributed by atoms with van der Waals surface area (Å²) in [5.41, 5.74) is 0.818. The quantitative estimate of drug-likeness (QED) is 0.436. The second-order valence-corrected chi connectivity index (χ2v) is 7.30. The molecule has 0 spiro atoms. The predicted octanol–water partition coefficient (Wildman–Crippen LogP) is 4.79. The molecule has 0 aliphatic heterocycles. The molecule has 30 heavy (non-hydrogen) atoms. The average Bonchev–Trinajstić information content (AvgIpc) is 2.70. The van der Waals surface area contributed by atoms with E-state index in [1.165, 1.54) is 40.4 Å². The van der Waals surface area contributed by atoms with Crippen LogP contribution in [-0.2, 0) is 20.7 Å². The highest BCUT2D eigenvalue weighted by atomic mass is 35.5. The van der Waals surface area contributed by atoms with Crippen LogP contribution in [0.4, 0.5) is 5.69 Å². The normalized spacial score (nSPS) is 11.4. The molecule has 7 nitrogen and oxygen atoms in total. The van der Waals surface area contributed by atoms with E-state index in [0.29, 0.717) is 22.8 Å². The van der Waals surface area contributed by atoms with Gasteiger partial charge in [-0.1, -0.05) is 34.8 Å². The van der Waals surface area contributed by atoms with Crippen molar-refractivity contribution in [2.45, 2.75) is 19.4 Å². The number of hydrogen-bond acceptors (Lipinski definition) is 6. The van der Waals surface area contributed by atoms with Gasteiger partial charge in [0.1, 0.15) is 0 Å². The molecule has 10 heteroatoms. The molecule has 0 saturated heterocycles. The number of methoxy groups -OCH3 is 3. The van der Waals surface area contributed by atoms with Crippen molar-refractivity contribution in [3.8, 4) is 17.2 Å². The van der Waals surface area contributed by atoms with E-state index < -0.39 is 18.0 Å². The zero-order valence-electron chi connectivity index (χ0n) is 16.7. The number of ether oxygens (including phenoxy) is 4. The summed E-state index contributed by atoms with van der Waals surface area (Å²) in [6.07, 6.45) is -1.19. The van der Waals surface area contributed by atoms with Crippen LogP contribution < -0.4 is 19.5 Å². The number of benzene rings is 2. The summed E-state index contributed by atoms with van der Waals surface area (Å²) in [6, 6.07) is 6.07. The summed E-state index contributed by atoms with van der Waals surface area (Å²) < 4.78 is 21.0. The van der Waals surface area contributed by atoms with E-state index in [1.54, 1.807) is 12.1 Å². The highest BCUT2D eigenvalue weighted by Gasteiger charge is 2.21. The third-order valence-corrected chi connectivity index (χ3v) is 5.05. The van der Waals surface area contributed by atoms with Gasteiger partial charge in [0.15, 0.2) is 17.6 Å². The number of amides is 1. The standard InChI is InChI=1S/C20H20Cl3NO6/c1-10(20(26)24-15-9-13(22)12(21)8-14(15)23)30-18(25)7-11-5-16(27-2)19(29-4)17(6-11)28-3/h5-6,8-10H,7H2,1-4H3,(H,24,26). The Kier molecular flexibility index (Phi) is 8.46. The lowest BCUT2D eigenvalue weighted by Gasteiger charge is -2.16. The number of anilines is 1. The largest absolute Gasteiger partial charge is 0.493 e. The van der Waals surface area contributed by atoms with Crippen LogP contribution in [0.25, 0.3) is 0 Å².